The topological polar surface area (TPSA) is 61.4 Å². The van der Waals surface area contributed by atoms with Gasteiger partial charge >= 0.3 is 6.03 Å². The van der Waals surface area contributed by atoms with Crippen molar-refractivity contribution in [1.82, 2.24) is 20.2 Å². The number of nitrogens with one attached hydrogen (secondary N) is 1. The van der Waals surface area contributed by atoms with Crippen molar-refractivity contribution in [3.63, 3.8) is 0 Å². The van der Waals surface area contributed by atoms with E-state index in [9.17, 15) is 4.79 Å². The molecule has 1 aromatic carbocycles. The number of aromatic nitrogens is 2. The van der Waals surface area contributed by atoms with Crippen LogP contribution in [-0.2, 0) is 0 Å². The second-order valence-corrected chi connectivity index (χ2v) is 8.60. The van der Waals surface area contributed by atoms with E-state index in [1.54, 1.807) is 0 Å². The minimum Gasteiger partial charge on any atom is -0.353 e. The van der Waals surface area contributed by atoms with Crippen molar-refractivity contribution in [1.29, 1.82) is 0 Å². The lowest BCUT2D eigenvalue weighted by molar-refractivity contribution is 0.185. The average Bonchev–Trinajstić information content (AvgIpc) is 2.62. The predicted molar refractivity (Wildman–Crippen MR) is 114 cm³/mol. The number of anilines is 1. The number of hydrogen-bond donors (Lipinski definition) is 1. The van der Waals surface area contributed by atoms with Gasteiger partial charge in [-0.2, -0.15) is 0 Å². The third kappa shape index (κ3) is 4.61. The molecule has 1 fully saturated rings. The number of nitrogens with zero attached hydrogens (tertiary/aromatic N) is 4. The molecule has 1 aliphatic heterocycles. The summed E-state index contributed by atoms with van der Waals surface area (Å²) in [5.74, 6) is 1.73. The van der Waals surface area contributed by atoms with Crippen LogP contribution in [0.2, 0.25) is 0 Å². The van der Waals surface area contributed by atoms with Crippen molar-refractivity contribution in [3.05, 3.63) is 41.1 Å². The SMILES string of the molecule is Cc1cccc(-c2nc(C)c(C)c(N3CCN(C(=O)NC(C)(C)C)CC3)n2)c1. The Morgan fingerprint density at radius 3 is 2.32 bits per heavy atom. The Balaban J connectivity index is 1.78. The molecule has 1 aromatic heterocycles. The van der Waals surface area contributed by atoms with Crippen molar-refractivity contribution in [2.75, 3.05) is 31.1 Å². The van der Waals surface area contributed by atoms with Crippen molar-refractivity contribution in [2.45, 2.75) is 47.1 Å². The third-order valence-electron chi connectivity index (χ3n) is 4.99. The van der Waals surface area contributed by atoms with E-state index in [0.717, 1.165) is 41.6 Å². The van der Waals surface area contributed by atoms with Gasteiger partial charge in [-0.15, -0.1) is 0 Å². The van der Waals surface area contributed by atoms with Gasteiger partial charge in [0.2, 0.25) is 0 Å². The van der Waals surface area contributed by atoms with Crippen LogP contribution in [0, 0.1) is 20.8 Å². The molecule has 0 aliphatic carbocycles. The molecule has 0 unspecified atom stereocenters. The van der Waals surface area contributed by atoms with Gasteiger partial charge in [-0.25, -0.2) is 14.8 Å². The Labute approximate surface area is 168 Å². The minimum atomic E-state index is -0.225. The molecule has 2 heterocycles. The molecule has 0 bridgehead atoms. The monoisotopic (exact) mass is 381 g/mol. The molecule has 1 aliphatic rings. The first kappa shape index (κ1) is 20.1. The summed E-state index contributed by atoms with van der Waals surface area (Å²) >= 11 is 0. The lowest BCUT2D eigenvalue weighted by atomic mass is 10.1. The maximum atomic E-state index is 12.4. The zero-order valence-electron chi connectivity index (χ0n) is 17.8. The fraction of sp³-hybridized carbons (Fsp3) is 0.500. The lowest BCUT2D eigenvalue weighted by Crippen LogP contribution is -2.55. The summed E-state index contributed by atoms with van der Waals surface area (Å²) in [5, 5.41) is 3.04. The van der Waals surface area contributed by atoms with E-state index >= 15 is 0 Å². The van der Waals surface area contributed by atoms with Gasteiger partial charge in [0.25, 0.3) is 0 Å². The van der Waals surface area contributed by atoms with Crippen molar-refractivity contribution in [3.8, 4) is 11.4 Å². The zero-order chi connectivity index (χ0) is 20.5. The van der Waals surface area contributed by atoms with Crippen LogP contribution in [-0.4, -0.2) is 52.6 Å². The molecule has 28 heavy (non-hydrogen) atoms. The van der Waals surface area contributed by atoms with Crippen molar-refractivity contribution < 1.29 is 4.79 Å². The number of benzene rings is 1. The van der Waals surface area contributed by atoms with Crippen LogP contribution in [0.25, 0.3) is 11.4 Å². The summed E-state index contributed by atoms with van der Waals surface area (Å²) in [7, 11) is 0. The zero-order valence-corrected chi connectivity index (χ0v) is 17.8. The number of aryl methyl sites for hydroxylation is 2. The molecular formula is C22H31N5O. The first-order valence-electron chi connectivity index (χ1n) is 9.88. The summed E-state index contributed by atoms with van der Waals surface area (Å²) in [6, 6.07) is 8.28. The Hall–Kier alpha value is -2.63. The van der Waals surface area contributed by atoms with Crippen LogP contribution in [0.15, 0.2) is 24.3 Å². The highest BCUT2D eigenvalue weighted by atomic mass is 16.2. The average molecular weight is 382 g/mol. The van der Waals surface area contributed by atoms with E-state index < -0.39 is 0 Å². The molecule has 0 radical (unpaired) electrons. The largest absolute Gasteiger partial charge is 0.353 e. The summed E-state index contributed by atoms with van der Waals surface area (Å²) in [4.78, 5) is 26.2. The number of carbonyl (C=O) groups excluding carboxylic acids is 1. The third-order valence-corrected chi connectivity index (χ3v) is 4.99. The summed E-state index contributed by atoms with van der Waals surface area (Å²) in [6.45, 7) is 15.1. The van der Waals surface area contributed by atoms with Crippen molar-refractivity contribution >= 4 is 11.8 Å². The van der Waals surface area contributed by atoms with Gasteiger partial charge in [0.05, 0.1) is 0 Å². The Morgan fingerprint density at radius 1 is 1.04 bits per heavy atom. The number of urea groups is 1. The predicted octanol–water partition coefficient (Wildman–Crippen LogP) is 3.70. The number of hydrogen-bond acceptors (Lipinski definition) is 4. The number of carbonyl (C=O) groups is 1. The molecular weight excluding hydrogens is 350 g/mol. The first-order valence-corrected chi connectivity index (χ1v) is 9.88. The number of piperazine rings is 1. The fourth-order valence-electron chi connectivity index (χ4n) is 3.36. The highest BCUT2D eigenvalue weighted by Gasteiger charge is 2.26. The Morgan fingerprint density at radius 2 is 1.71 bits per heavy atom. The fourth-order valence-corrected chi connectivity index (χ4v) is 3.36. The van der Waals surface area contributed by atoms with Crippen LogP contribution in [0.5, 0.6) is 0 Å². The van der Waals surface area contributed by atoms with E-state index in [1.165, 1.54) is 5.56 Å². The molecule has 6 heteroatoms. The van der Waals surface area contributed by atoms with Crippen LogP contribution >= 0.6 is 0 Å². The highest BCUT2D eigenvalue weighted by Crippen LogP contribution is 2.26. The molecule has 2 amide bonds. The summed E-state index contributed by atoms with van der Waals surface area (Å²) in [5.41, 5.74) is 4.10. The summed E-state index contributed by atoms with van der Waals surface area (Å²) < 4.78 is 0. The number of rotatable bonds is 2. The number of amides is 2. The molecule has 1 N–H and O–H groups in total. The standard InChI is InChI=1S/C22H31N5O/c1-15-8-7-9-18(14-15)19-23-17(3)16(2)20(24-19)26-10-12-27(13-11-26)21(28)25-22(4,5)6/h7-9,14H,10-13H2,1-6H3,(H,25,28). The van der Waals surface area contributed by atoms with Gasteiger partial charge in [0, 0.05) is 48.5 Å². The van der Waals surface area contributed by atoms with Gasteiger partial charge in [-0.1, -0.05) is 23.8 Å². The van der Waals surface area contributed by atoms with Gasteiger partial charge < -0.3 is 15.1 Å². The van der Waals surface area contributed by atoms with Gasteiger partial charge in [0.1, 0.15) is 5.82 Å². The second kappa shape index (κ2) is 7.78. The second-order valence-electron chi connectivity index (χ2n) is 8.60. The molecule has 1 saturated heterocycles. The molecule has 0 spiro atoms. The molecule has 6 nitrogen and oxygen atoms in total. The smallest absolute Gasteiger partial charge is 0.317 e. The van der Waals surface area contributed by atoms with Crippen LogP contribution < -0.4 is 10.2 Å². The van der Waals surface area contributed by atoms with Gasteiger partial charge in [-0.3, -0.25) is 0 Å². The molecule has 2 aromatic rings. The lowest BCUT2D eigenvalue weighted by Gasteiger charge is -2.37. The van der Waals surface area contributed by atoms with E-state index in [0.29, 0.717) is 13.1 Å². The molecule has 150 valence electrons. The Kier molecular flexibility index (Phi) is 5.59. The molecule has 0 saturated carbocycles. The molecule has 3 rings (SSSR count). The Bertz CT molecular complexity index is 864. The first-order chi connectivity index (χ1) is 13.1. The van der Waals surface area contributed by atoms with Crippen molar-refractivity contribution in [2.24, 2.45) is 0 Å². The highest BCUT2D eigenvalue weighted by molar-refractivity contribution is 5.75. The molecule has 0 atom stereocenters. The van der Waals surface area contributed by atoms with Gasteiger partial charge in [0.15, 0.2) is 5.82 Å². The van der Waals surface area contributed by atoms with Gasteiger partial charge in [-0.05, 0) is 47.6 Å². The van der Waals surface area contributed by atoms with E-state index in [1.807, 2.05) is 38.7 Å². The van der Waals surface area contributed by atoms with Crippen LogP contribution in [0.4, 0.5) is 10.6 Å². The summed E-state index contributed by atoms with van der Waals surface area (Å²) in [6.07, 6.45) is 0. The normalized spacial score (nSPS) is 14.9. The van der Waals surface area contributed by atoms with E-state index in [2.05, 4.69) is 42.3 Å². The van der Waals surface area contributed by atoms with Crippen LogP contribution in [0.1, 0.15) is 37.6 Å². The quantitative estimate of drug-likeness (QED) is 0.862. The van der Waals surface area contributed by atoms with E-state index in [4.69, 9.17) is 9.97 Å². The van der Waals surface area contributed by atoms with Crippen LogP contribution in [0.3, 0.4) is 0 Å². The van der Waals surface area contributed by atoms with E-state index in [-0.39, 0.29) is 11.6 Å². The maximum Gasteiger partial charge on any atom is 0.317 e. The minimum absolute atomic E-state index is 0.00295. The maximum absolute atomic E-state index is 12.4.